The van der Waals surface area contributed by atoms with Gasteiger partial charge in [0.15, 0.2) is 0 Å². The number of anilines is 1. The molecule has 0 saturated carbocycles. The van der Waals surface area contributed by atoms with Gasteiger partial charge in [0, 0.05) is 5.69 Å². The monoisotopic (exact) mass is 278 g/mol. The van der Waals surface area contributed by atoms with Gasteiger partial charge in [0.1, 0.15) is 0 Å². The summed E-state index contributed by atoms with van der Waals surface area (Å²) >= 11 is 0. The van der Waals surface area contributed by atoms with E-state index in [0.717, 1.165) is 24.1 Å². The van der Waals surface area contributed by atoms with Crippen molar-refractivity contribution in [2.75, 3.05) is 11.9 Å². The lowest BCUT2D eigenvalue weighted by Gasteiger charge is -2.09. The van der Waals surface area contributed by atoms with Crippen LogP contribution in [0.15, 0.2) is 24.3 Å². The molecule has 0 saturated heterocycles. The summed E-state index contributed by atoms with van der Waals surface area (Å²) in [4.78, 5) is 16.7. The number of carbonyl (C=O) groups excluding carboxylic acids is 1. The van der Waals surface area contributed by atoms with Gasteiger partial charge in [-0.15, -0.1) is 0 Å². The minimum absolute atomic E-state index is 0.328. The van der Waals surface area contributed by atoms with Crippen molar-refractivity contribution in [2.45, 2.75) is 52.4 Å². The lowest BCUT2D eigenvalue weighted by atomic mass is 10.1. The van der Waals surface area contributed by atoms with Gasteiger partial charge in [0.25, 0.3) is 0 Å². The minimum atomic E-state index is -0.328. The summed E-state index contributed by atoms with van der Waals surface area (Å²) in [6.07, 6.45) is 7.23. The van der Waals surface area contributed by atoms with Crippen molar-refractivity contribution >= 4 is 11.7 Å². The summed E-state index contributed by atoms with van der Waals surface area (Å²) in [6.45, 7) is 4.72. The van der Waals surface area contributed by atoms with Crippen LogP contribution in [0.5, 0.6) is 0 Å². The van der Waals surface area contributed by atoms with Crippen molar-refractivity contribution in [3.63, 3.8) is 0 Å². The number of para-hydroxylation sites is 1. The summed E-state index contributed by atoms with van der Waals surface area (Å²) < 4.78 is 0. The highest BCUT2D eigenvalue weighted by atomic mass is 16.7. The largest absolute Gasteiger partial charge is 0.343 e. The predicted molar refractivity (Wildman–Crippen MR) is 82.7 cm³/mol. The fraction of sp³-hybridized carbons (Fsp3) is 0.562. The van der Waals surface area contributed by atoms with Gasteiger partial charge in [0.05, 0.1) is 6.61 Å². The van der Waals surface area contributed by atoms with Gasteiger partial charge in [0.2, 0.25) is 0 Å². The maximum absolute atomic E-state index is 11.6. The Kier molecular flexibility index (Phi) is 8.47. The number of rotatable bonds is 9. The number of aryl methyl sites for hydroxylation is 1. The maximum atomic E-state index is 11.6. The topological polar surface area (TPSA) is 50.4 Å². The van der Waals surface area contributed by atoms with Crippen molar-refractivity contribution in [1.29, 1.82) is 0 Å². The molecule has 2 N–H and O–H groups in total. The third-order valence-corrected chi connectivity index (χ3v) is 3.16. The normalized spacial score (nSPS) is 10.3. The molecule has 0 aromatic heterocycles. The second-order valence-corrected chi connectivity index (χ2v) is 4.99. The molecule has 0 unspecified atom stereocenters. The number of benzene rings is 1. The van der Waals surface area contributed by atoms with E-state index in [-0.39, 0.29) is 6.03 Å². The Bertz CT molecular complexity index is 394. The first-order valence-electron chi connectivity index (χ1n) is 7.48. The van der Waals surface area contributed by atoms with Gasteiger partial charge in [-0.25, -0.2) is 10.3 Å². The maximum Gasteiger partial charge on any atom is 0.343 e. The van der Waals surface area contributed by atoms with E-state index >= 15 is 0 Å². The third-order valence-electron chi connectivity index (χ3n) is 3.16. The number of unbranched alkanes of at least 4 members (excludes halogenated alkanes) is 5. The molecule has 2 amide bonds. The molecule has 0 aliphatic rings. The van der Waals surface area contributed by atoms with E-state index in [9.17, 15) is 4.79 Å². The standard InChI is InChI=1S/C16H26N2O2/c1-3-4-5-6-7-10-13-20-18-16(19)17-15-12-9-8-11-14(15)2/h8-9,11-12H,3-7,10,13H2,1-2H3,(H2,17,18,19). The van der Waals surface area contributed by atoms with E-state index in [2.05, 4.69) is 17.7 Å². The average Bonchev–Trinajstić information content (AvgIpc) is 2.44. The van der Waals surface area contributed by atoms with Crippen molar-refractivity contribution in [3.05, 3.63) is 29.8 Å². The fourth-order valence-electron chi connectivity index (χ4n) is 1.93. The van der Waals surface area contributed by atoms with Gasteiger partial charge < -0.3 is 5.32 Å². The summed E-state index contributed by atoms with van der Waals surface area (Å²) in [5.74, 6) is 0. The zero-order valence-corrected chi connectivity index (χ0v) is 12.6. The number of hydrogen-bond donors (Lipinski definition) is 2. The molecule has 1 aromatic rings. The molecule has 0 fully saturated rings. The average molecular weight is 278 g/mol. The molecule has 0 atom stereocenters. The zero-order chi connectivity index (χ0) is 14.6. The zero-order valence-electron chi connectivity index (χ0n) is 12.6. The molecule has 0 bridgehead atoms. The number of urea groups is 1. The minimum Gasteiger partial charge on any atom is -0.306 e. The van der Waals surface area contributed by atoms with E-state index in [1.807, 2.05) is 31.2 Å². The Labute approximate surface area is 121 Å². The Morgan fingerprint density at radius 3 is 2.55 bits per heavy atom. The van der Waals surface area contributed by atoms with Crippen LogP contribution in [0.3, 0.4) is 0 Å². The molecule has 1 rings (SSSR count). The lowest BCUT2D eigenvalue weighted by molar-refractivity contribution is 0.0631. The highest BCUT2D eigenvalue weighted by Crippen LogP contribution is 2.12. The first-order valence-corrected chi connectivity index (χ1v) is 7.48. The summed E-state index contributed by atoms with van der Waals surface area (Å²) in [5, 5.41) is 2.75. The van der Waals surface area contributed by atoms with Crippen molar-refractivity contribution in [2.24, 2.45) is 0 Å². The van der Waals surface area contributed by atoms with Crippen LogP contribution in [-0.4, -0.2) is 12.6 Å². The number of carbonyl (C=O) groups is 1. The van der Waals surface area contributed by atoms with Gasteiger partial charge in [-0.05, 0) is 25.0 Å². The van der Waals surface area contributed by atoms with Crippen molar-refractivity contribution in [1.82, 2.24) is 5.48 Å². The van der Waals surface area contributed by atoms with Gasteiger partial charge in [-0.3, -0.25) is 4.84 Å². The van der Waals surface area contributed by atoms with Crippen LogP contribution >= 0.6 is 0 Å². The van der Waals surface area contributed by atoms with Crippen LogP contribution in [0.25, 0.3) is 0 Å². The van der Waals surface area contributed by atoms with Gasteiger partial charge >= 0.3 is 6.03 Å². The van der Waals surface area contributed by atoms with Crippen LogP contribution < -0.4 is 10.8 Å². The first kappa shape index (κ1) is 16.5. The lowest BCUT2D eigenvalue weighted by Crippen LogP contribution is -2.29. The Hall–Kier alpha value is -1.55. The van der Waals surface area contributed by atoms with Crippen LogP contribution in [0.1, 0.15) is 51.0 Å². The van der Waals surface area contributed by atoms with E-state index in [4.69, 9.17) is 4.84 Å². The summed E-state index contributed by atoms with van der Waals surface area (Å²) in [5.41, 5.74) is 4.24. The SMILES string of the molecule is CCCCCCCCONC(=O)Nc1ccccc1C. The first-order chi connectivity index (χ1) is 9.74. The van der Waals surface area contributed by atoms with E-state index in [1.165, 1.54) is 25.7 Å². The Balaban J connectivity index is 2.05. The number of amides is 2. The molecule has 0 heterocycles. The third kappa shape index (κ3) is 7.14. The molecule has 4 heteroatoms. The second kappa shape index (κ2) is 10.3. The number of hydrogen-bond acceptors (Lipinski definition) is 2. The quantitative estimate of drug-likeness (QED) is 0.519. The molecule has 20 heavy (non-hydrogen) atoms. The molecule has 112 valence electrons. The van der Waals surface area contributed by atoms with E-state index in [0.29, 0.717) is 6.61 Å². The molecule has 0 aliphatic carbocycles. The smallest absolute Gasteiger partial charge is 0.306 e. The highest BCUT2D eigenvalue weighted by molar-refractivity contribution is 5.89. The Morgan fingerprint density at radius 1 is 1.10 bits per heavy atom. The highest BCUT2D eigenvalue weighted by Gasteiger charge is 2.02. The van der Waals surface area contributed by atoms with Crippen molar-refractivity contribution < 1.29 is 9.63 Å². The molecule has 1 aromatic carbocycles. The Morgan fingerprint density at radius 2 is 1.80 bits per heavy atom. The van der Waals surface area contributed by atoms with Gasteiger partial charge in [-0.2, -0.15) is 0 Å². The molecule has 0 aliphatic heterocycles. The second-order valence-electron chi connectivity index (χ2n) is 4.99. The van der Waals surface area contributed by atoms with Crippen LogP contribution in [0.2, 0.25) is 0 Å². The number of hydroxylamine groups is 1. The van der Waals surface area contributed by atoms with Crippen LogP contribution in [0, 0.1) is 6.92 Å². The van der Waals surface area contributed by atoms with E-state index in [1.54, 1.807) is 0 Å². The van der Waals surface area contributed by atoms with E-state index < -0.39 is 0 Å². The molecular weight excluding hydrogens is 252 g/mol. The van der Waals surface area contributed by atoms with Gasteiger partial charge in [-0.1, -0.05) is 57.2 Å². The van der Waals surface area contributed by atoms with Crippen LogP contribution in [-0.2, 0) is 4.84 Å². The summed E-state index contributed by atoms with van der Waals surface area (Å²) in [7, 11) is 0. The molecule has 0 radical (unpaired) electrons. The predicted octanol–water partition coefficient (Wildman–Crippen LogP) is 4.41. The number of nitrogens with one attached hydrogen (secondary N) is 2. The van der Waals surface area contributed by atoms with Crippen molar-refractivity contribution in [3.8, 4) is 0 Å². The summed E-state index contributed by atoms with van der Waals surface area (Å²) in [6, 6.07) is 7.31. The van der Waals surface area contributed by atoms with Crippen LogP contribution in [0.4, 0.5) is 10.5 Å². The fourth-order valence-corrected chi connectivity index (χ4v) is 1.93. The molecular formula is C16H26N2O2. The molecule has 4 nitrogen and oxygen atoms in total. The molecule has 0 spiro atoms.